The number of fused-ring (bicyclic) bond motifs is 2. The fourth-order valence-electron chi connectivity index (χ4n) is 4.56. The van der Waals surface area contributed by atoms with Crippen molar-refractivity contribution in [2.45, 2.75) is 12.1 Å². The number of nitrogens with zero attached hydrogens (tertiary/aromatic N) is 4. The summed E-state index contributed by atoms with van der Waals surface area (Å²) in [6.45, 7) is 2.81. The molecule has 1 aliphatic heterocycles. The van der Waals surface area contributed by atoms with Crippen LogP contribution >= 0.6 is 11.8 Å². The molecule has 8 nitrogen and oxygen atoms in total. The van der Waals surface area contributed by atoms with Gasteiger partial charge in [0.1, 0.15) is 5.75 Å². The number of amides is 2. The third-order valence-electron chi connectivity index (χ3n) is 6.29. The van der Waals surface area contributed by atoms with Gasteiger partial charge in [0, 0.05) is 40.6 Å². The number of hydrogen-bond acceptors (Lipinski definition) is 6. The van der Waals surface area contributed by atoms with E-state index < -0.39 is 0 Å². The highest BCUT2D eigenvalue weighted by atomic mass is 32.2. The first-order chi connectivity index (χ1) is 18.2. The molecule has 37 heavy (non-hydrogen) atoms. The molecule has 0 unspecified atom stereocenters. The topological polar surface area (TPSA) is 93.1 Å². The first-order valence-corrected chi connectivity index (χ1v) is 13.0. The predicted octanol–water partition coefficient (Wildman–Crippen LogP) is 5.20. The average molecular weight is 510 g/mol. The van der Waals surface area contributed by atoms with E-state index in [4.69, 9.17) is 4.74 Å². The molecular weight excluding hydrogens is 486 g/mol. The molecule has 0 atom stereocenters. The maximum absolute atomic E-state index is 12.8. The van der Waals surface area contributed by atoms with E-state index >= 15 is 0 Å². The lowest BCUT2D eigenvalue weighted by Crippen LogP contribution is -2.31. The van der Waals surface area contributed by atoms with Crippen molar-refractivity contribution in [3.05, 3.63) is 90.1 Å². The Morgan fingerprint density at radius 1 is 0.865 bits per heavy atom. The Kier molecular flexibility index (Phi) is 5.97. The van der Waals surface area contributed by atoms with Crippen LogP contribution in [0.2, 0.25) is 0 Å². The van der Waals surface area contributed by atoms with E-state index in [-0.39, 0.29) is 18.4 Å². The van der Waals surface area contributed by atoms with Crippen LogP contribution in [0.15, 0.2) is 84.1 Å². The number of aromatic nitrogens is 4. The summed E-state index contributed by atoms with van der Waals surface area (Å²) in [5.41, 5.74) is 3.74. The fraction of sp³-hybridized carbons (Fsp3) is 0.143. The van der Waals surface area contributed by atoms with Crippen LogP contribution in [-0.2, 0) is 0 Å². The van der Waals surface area contributed by atoms with Crippen LogP contribution in [0.3, 0.4) is 0 Å². The first-order valence-electron chi connectivity index (χ1n) is 12.0. The van der Waals surface area contributed by atoms with Crippen molar-refractivity contribution in [1.82, 2.24) is 24.6 Å². The quantitative estimate of drug-likeness (QED) is 0.228. The van der Waals surface area contributed by atoms with Gasteiger partial charge in [-0.3, -0.25) is 19.1 Å². The molecule has 6 rings (SSSR count). The van der Waals surface area contributed by atoms with Crippen molar-refractivity contribution in [2.24, 2.45) is 0 Å². The molecule has 3 heterocycles. The lowest BCUT2D eigenvalue weighted by Gasteiger charge is -2.14. The van der Waals surface area contributed by atoms with E-state index in [9.17, 15) is 9.59 Å². The Morgan fingerprint density at radius 2 is 1.57 bits per heavy atom. The van der Waals surface area contributed by atoms with Crippen LogP contribution < -0.4 is 4.74 Å². The van der Waals surface area contributed by atoms with Crippen molar-refractivity contribution in [3.63, 3.8) is 0 Å². The monoisotopic (exact) mass is 509 g/mol. The second-order valence-corrected chi connectivity index (χ2v) is 9.53. The van der Waals surface area contributed by atoms with Gasteiger partial charge in [-0.05, 0) is 49.4 Å². The fourth-order valence-corrected chi connectivity index (χ4v) is 5.43. The lowest BCUT2D eigenvalue weighted by molar-refractivity contribution is 0.0664. The standard InChI is InChI=1S/C28H23N5O3S/c1-2-36-19-13-11-18(12-14-19)33-25(23-17-29-24-10-6-5-7-20(23)24)30-31-28(33)37-16-15-32-26(34)21-8-3-4-9-22(21)27(32)35/h3-14,17,29H,2,15-16H2,1H3. The summed E-state index contributed by atoms with van der Waals surface area (Å²) >= 11 is 1.45. The van der Waals surface area contributed by atoms with E-state index in [0.29, 0.717) is 34.5 Å². The molecule has 0 saturated heterocycles. The number of hydrogen-bond donors (Lipinski definition) is 1. The molecule has 0 spiro atoms. The molecule has 2 aromatic heterocycles. The summed E-state index contributed by atoms with van der Waals surface area (Å²) in [6.07, 6.45) is 1.94. The Morgan fingerprint density at radius 3 is 2.30 bits per heavy atom. The van der Waals surface area contributed by atoms with Crippen LogP contribution in [0.25, 0.3) is 28.0 Å². The first kappa shape index (κ1) is 23.1. The zero-order chi connectivity index (χ0) is 25.4. The minimum Gasteiger partial charge on any atom is -0.494 e. The molecule has 0 radical (unpaired) electrons. The number of para-hydroxylation sites is 1. The predicted molar refractivity (Wildman–Crippen MR) is 142 cm³/mol. The highest BCUT2D eigenvalue weighted by Crippen LogP contribution is 2.33. The normalized spacial score (nSPS) is 12.9. The number of imide groups is 1. The van der Waals surface area contributed by atoms with Crippen molar-refractivity contribution in [3.8, 4) is 22.8 Å². The van der Waals surface area contributed by atoms with Crippen LogP contribution in [-0.4, -0.2) is 55.4 Å². The molecule has 1 aliphatic rings. The van der Waals surface area contributed by atoms with E-state index in [1.807, 2.05) is 66.2 Å². The summed E-state index contributed by atoms with van der Waals surface area (Å²) in [7, 11) is 0. The highest BCUT2D eigenvalue weighted by molar-refractivity contribution is 7.99. The number of H-pyrrole nitrogens is 1. The average Bonchev–Trinajstić information content (AvgIpc) is 3.61. The Labute approximate surface area is 217 Å². The molecule has 3 aromatic carbocycles. The molecule has 184 valence electrons. The van der Waals surface area contributed by atoms with Crippen molar-refractivity contribution in [1.29, 1.82) is 0 Å². The van der Waals surface area contributed by atoms with Crippen molar-refractivity contribution < 1.29 is 14.3 Å². The number of carbonyl (C=O) groups is 2. The Balaban J connectivity index is 1.31. The van der Waals surface area contributed by atoms with Gasteiger partial charge in [0.05, 0.1) is 17.7 Å². The zero-order valence-electron chi connectivity index (χ0n) is 20.0. The SMILES string of the molecule is CCOc1ccc(-n2c(SCCN3C(=O)c4ccccc4C3=O)nnc2-c2c[nH]c3ccccc23)cc1. The van der Waals surface area contributed by atoms with Gasteiger partial charge in [-0.2, -0.15) is 0 Å². The number of nitrogens with one attached hydrogen (secondary N) is 1. The molecule has 0 saturated carbocycles. The lowest BCUT2D eigenvalue weighted by atomic mass is 10.1. The molecule has 0 fully saturated rings. The molecule has 5 aromatic rings. The molecule has 0 bridgehead atoms. The highest BCUT2D eigenvalue weighted by Gasteiger charge is 2.34. The van der Waals surface area contributed by atoms with Gasteiger partial charge in [-0.25, -0.2) is 0 Å². The number of carbonyl (C=O) groups excluding carboxylic acids is 2. The number of rotatable bonds is 8. The molecule has 2 amide bonds. The Bertz CT molecular complexity index is 1590. The minimum absolute atomic E-state index is 0.256. The van der Waals surface area contributed by atoms with Gasteiger partial charge in [-0.1, -0.05) is 42.1 Å². The number of aromatic amines is 1. The van der Waals surface area contributed by atoms with Crippen LogP contribution in [0.5, 0.6) is 5.75 Å². The van der Waals surface area contributed by atoms with E-state index in [0.717, 1.165) is 27.9 Å². The van der Waals surface area contributed by atoms with Crippen LogP contribution in [0.4, 0.5) is 0 Å². The third-order valence-corrected chi connectivity index (χ3v) is 7.20. The van der Waals surface area contributed by atoms with Gasteiger partial charge in [-0.15, -0.1) is 10.2 Å². The summed E-state index contributed by atoms with van der Waals surface area (Å²) in [4.78, 5) is 30.1. The van der Waals surface area contributed by atoms with Crippen molar-refractivity contribution in [2.75, 3.05) is 18.9 Å². The minimum atomic E-state index is -0.256. The maximum atomic E-state index is 12.8. The van der Waals surface area contributed by atoms with Crippen molar-refractivity contribution >= 4 is 34.5 Å². The number of benzene rings is 3. The maximum Gasteiger partial charge on any atom is 0.261 e. The molecule has 1 N–H and O–H groups in total. The summed E-state index contributed by atoms with van der Waals surface area (Å²) < 4.78 is 7.62. The second kappa shape index (κ2) is 9.59. The largest absolute Gasteiger partial charge is 0.494 e. The number of ether oxygens (including phenoxy) is 1. The smallest absolute Gasteiger partial charge is 0.261 e. The van der Waals surface area contributed by atoms with Crippen LogP contribution in [0, 0.1) is 0 Å². The molecule has 0 aliphatic carbocycles. The van der Waals surface area contributed by atoms with Crippen LogP contribution in [0.1, 0.15) is 27.6 Å². The van der Waals surface area contributed by atoms with Gasteiger partial charge >= 0.3 is 0 Å². The molecular formula is C28H23N5O3S. The summed E-state index contributed by atoms with van der Waals surface area (Å²) in [5.74, 6) is 1.45. The zero-order valence-corrected chi connectivity index (χ0v) is 20.9. The summed E-state index contributed by atoms with van der Waals surface area (Å²) in [6, 6.07) is 22.8. The van der Waals surface area contributed by atoms with Gasteiger partial charge in [0.2, 0.25) is 0 Å². The second-order valence-electron chi connectivity index (χ2n) is 8.47. The van der Waals surface area contributed by atoms with Gasteiger partial charge < -0.3 is 9.72 Å². The van der Waals surface area contributed by atoms with Gasteiger partial charge in [0.25, 0.3) is 11.8 Å². The molecule has 9 heteroatoms. The van der Waals surface area contributed by atoms with E-state index in [1.54, 1.807) is 24.3 Å². The third kappa shape index (κ3) is 4.07. The van der Waals surface area contributed by atoms with Gasteiger partial charge in [0.15, 0.2) is 11.0 Å². The van der Waals surface area contributed by atoms with E-state index in [1.165, 1.54) is 16.7 Å². The number of thioether (sulfide) groups is 1. The Hall–Kier alpha value is -4.37. The summed E-state index contributed by atoms with van der Waals surface area (Å²) in [5, 5.41) is 10.8. The van der Waals surface area contributed by atoms with E-state index in [2.05, 4.69) is 15.2 Å².